The van der Waals surface area contributed by atoms with E-state index >= 15 is 0 Å². The molecule has 5 heteroatoms. The second-order valence-corrected chi connectivity index (χ2v) is 5.61. The summed E-state index contributed by atoms with van der Waals surface area (Å²) in [5.41, 5.74) is 4.31. The normalized spacial score (nSPS) is 10.0. The van der Waals surface area contributed by atoms with Gasteiger partial charge in [0.05, 0.1) is 21.8 Å². The van der Waals surface area contributed by atoms with Crippen molar-refractivity contribution in [1.82, 2.24) is 4.98 Å². The molecule has 0 spiro atoms. The SMILES string of the molecule is Cc1nc2cc(-c3ccc(CO)cc3)ccc2s1.O=CO. The summed E-state index contributed by atoms with van der Waals surface area (Å²) in [6.07, 6.45) is 0. The van der Waals surface area contributed by atoms with Crippen molar-refractivity contribution < 1.29 is 15.0 Å². The number of aliphatic hydroxyl groups excluding tert-OH is 1. The van der Waals surface area contributed by atoms with Crippen LogP contribution < -0.4 is 0 Å². The van der Waals surface area contributed by atoms with Crippen LogP contribution >= 0.6 is 11.3 Å². The van der Waals surface area contributed by atoms with Gasteiger partial charge in [0, 0.05) is 0 Å². The molecular formula is C16H15NO3S. The first-order valence-electron chi connectivity index (χ1n) is 6.33. The Morgan fingerprint density at radius 3 is 2.38 bits per heavy atom. The van der Waals surface area contributed by atoms with E-state index in [9.17, 15) is 0 Å². The third kappa shape index (κ3) is 3.65. The van der Waals surface area contributed by atoms with Gasteiger partial charge in [0.1, 0.15) is 0 Å². The lowest BCUT2D eigenvalue weighted by Gasteiger charge is -2.02. The molecule has 108 valence electrons. The van der Waals surface area contributed by atoms with Crippen molar-refractivity contribution in [3.05, 3.63) is 53.0 Å². The summed E-state index contributed by atoms with van der Waals surface area (Å²) in [5.74, 6) is 0. The Hall–Kier alpha value is -2.24. The van der Waals surface area contributed by atoms with Gasteiger partial charge in [-0.2, -0.15) is 0 Å². The van der Waals surface area contributed by atoms with E-state index in [4.69, 9.17) is 15.0 Å². The second kappa shape index (κ2) is 6.97. The number of carbonyl (C=O) groups is 1. The Labute approximate surface area is 126 Å². The Balaban J connectivity index is 0.000000497. The molecule has 21 heavy (non-hydrogen) atoms. The summed E-state index contributed by atoms with van der Waals surface area (Å²) in [6, 6.07) is 14.3. The summed E-state index contributed by atoms with van der Waals surface area (Å²) < 4.78 is 1.23. The van der Waals surface area contributed by atoms with Crippen molar-refractivity contribution in [2.45, 2.75) is 13.5 Å². The molecule has 0 radical (unpaired) electrons. The molecule has 1 heterocycles. The molecule has 0 saturated carbocycles. The maximum absolute atomic E-state index is 9.03. The standard InChI is InChI=1S/C15H13NOS.CH2O2/c1-10-16-14-8-13(6-7-15(14)18-10)12-4-2-11(9-17)3-5-12;2-1-3/h2-8,17H,9H2,1H3;1H,(H,2,3). The molecule has 3 rings (SSSR count). The minimum Gasteiger partial charge on any atom is -0.483 e. The largest absolute Gasteiger partial charge is 0.483 e. The Kier molecular flexibility index (Phi) is 5.03. The first-order chi connectivity index (χ1) is 10.2. The number of hydrogen-bond donors (Lipinski definition) is 2. The van der Waals surface area contributed by atoms with Crippen LogP contribution in [0.2, 0.25) is 0 Å². The fraction of sp³-hybridized carbons (Fsp3) is 0.125. The molecular weight excluding hydrogens is 286 g/mol. The van der Waals surface area contributed by atoms with Crippen LogP contribution in [0.15, 0.2) is 42.5 Å². The summed E-state index contributed by atoms with van der Waals surface area (Å²) >= 11 is 1.72. The minimum absolute atomic E-state index is 0.0879. The Morgan fingerprint density at radius 2 is 1.76 bits per heavy atom. The van der Waals surface area contributed by atoms with Gasteiger partial charge in [0.25, 0.3) is 6.47 Å². The van der Waals surface area contributed by atoms with Gasteiger partial charge in [-0.25, -0.2) is 4.98 Å². The zero-order chi connectivity index (χ0) is 15.2. The van der Waals surface area contributed by atoms with E-state index in [0.717, 1.165) is 27.2 Å². The van der Waals surface area contributed by atoms with Crippen LogP contribution in [0.1, 0.15) is 10.6 Å². The molecule has 1 aromatic heterocycles. The molecule has 3 aromatic rings. The van der Waals surface area contributed by atoms with Crippen LogP contribution in [0.3, 0.4) is 0 Å². The number of aliphatic hydroxyl groups is 1. The van der Waals surface area contributed by atoms with Crippen molar-refractivity contribution in [3.8, 4) is 11.1 Å². The third-order valence-corrected chi connectivity index (χ3v) is 3.92. The Morgan fingerprint density at radius 1 is 1.14 bits per heavy atom. The van der Waals surface area contributed by atoms with Crippen LogP contribution in [0.25, 0.3) is 21.3 Å². The van der Waals surface area contributed by atoms with E-state index in [2.05, 4.69) is 23.2 Å². The highest BCUT2D eigenvalue weighted by molar-refractivity contribution is 7.18. The van der Waals surface area contributed by atoms with E-state index in [0.29, 0.717) is 0 Å². The number of aryl methyl sites for hydroxylation is 1. The average Bonchev–Trinajstić information content (AvgIpc) is 2.87. The lowest BCUT2D eigenvalue weighted by Crippen LogP contribution is -1.83. The summed E-state index contributed by atoms with van der Waals surface area (Å²) in [7, 11) is 0. The van der Waals surface area contributed by atoms with E-state index in [1.807, 2.05) is 31.2 Å². The Bertz CT molecular complexity index is 735. The first kappa shape index (κ1) is 15.2. The molecule has 0 fully saturated rings. The summed E-state index contributed by atoms with van der Waals surface area (Å²) in [6.45, 7) is 1.87. The van der Waals surface area contributed by atoms with E-state index < -0.39 is 0 Å². The third-order valence-electron chi connectivity index (χ3n) is 2.96. The van der Waals surface area contributed by atoms with Gasteiger partial charge in [-0.15, -0.1) is 11.3 Å². The number of carboxylic acid groups (broad SMARTS) is 1. The number of thiazole rings is 1. The molecule has 2 aromatic carbocycles. The topological polar surface area (TPSA) is 70.4 Å². The second-order valence-electron chi connectivity index (χ2n) is 4.38. The van der Waals surface area contributed by atoms with Crippen LogP contribution in [-0.2, 0) is 11.4 Å². The quantitative estimate of drug-likeness (QED) is 0.711. The highest BCUT2D eigenvalue weighted by atomic mass is 32.1. The smallest absolute Gasteiger partial charge is 0.290 e. The highest BCUT2D eigenvalue weighted by Gasteiger charge is 2.03. The van der Waals surface area contributed by atoms with Crippen LogP contribution in [-0.4, -0.2) is 21.7 Å². The number of fused-ring (bicyclic) bond motifs is 1. The number of aromatic nitrogens is 1. The molecule has 0 aliphatic heterocycles. The summed E-state index contributed by atoms with van der Waals surface area (Å²) in [5, 5.41) is 17.0. The van der Waals surface area contributed by atoms with Gasteiger partial charge in [-0.1, -0.05) is 30.3 Å². The monoisotopic (exact) mass is 301 g/mol. The molecule has 0 aliphatic carbocycles. The predicted molar refractivity (Wildman–Crippen MR) is 84.4 cm³/mol. The number of nitrogens with zero attached hydrogens (tertiary/aromatic N) is 1. The molecule has 0 amide bonds. The maximum Gasteiger partial charge on any atom is 0.290 e. The molecule has 4 nitrogen and oxygen atoms in total. The molecule has 0 saturated heterocycles. The van der Waals surface area contributed by atoms with Gasteiger partial charge in [0.2, 0.25) is 0 Å². The molecule has 2 N–H and O–H groups in total. The van der Waals surface area contributed by atoms with Crippen molar-refractivity contribution >= 4 is 28.0 Å². The average molecular weight is 301 g/mol. The molecule has 0 aliphatic rings. The van der Waals surface area contributed by atoms with Gasteiger partial charge in [-0.3, -0.25) is 4.79 Å². The number of benzene rings is 2. The zero-order valence-electron chi connectivity index (χ0n) is 11.5. The van der Waals surface area contributed by atoms with Gasteiger partial charge < -0.3 is 10.2 Å². The van der Waals surface area contributed by atoms with Gasteiger partial charge >= 0.3 is 0 Å². The van der Waals surface area contributed by atoms with E-state index in [1.54, 1.807) is 11.3 Å². The van der Waals surface area contributed by atoms with Crippen molar-refractivity contribution in [2.24, 2.45) is 0 Å². The fourth-order valence-corrected chi connectivity index (χ4v) is 2.83. The van der Waals surface area contributed by atoms with Gasteiger partial charge in [-0.05, 0) is 35.7 Å². The maximum atomic E-state index is 9.03. The highest BCUT2D eigenvalue weighted by Crippen LogP contribution is 2.27. The van der Waals surface area contributed by atoms with Crippen LogP contribution in [0.4, 0.5) is 0 Å². The van der Waals surface area contributed by atoms with Crippen LogP contribution in [0, 0.1) is 6.92 Å². The van der Waals surface area contributed by atoms with Crippen molar-refractivity contribution in [1.29, 1.82) is 0 Å². The van der Waals surface area contributed by atoms with Crippen molar-refractivity contribution in [2.75, 3.05) is 0 Å². The lowest BCUT2D eigenvalue weighted by molar-refractivity contribution is -0.122. The fourth-order valence-electron chi connectivity index (χ4n) is 2.02. The predicted octanol–water partition coefficient (Wildman–Crippen LogP) is 3.46. The van der Waals surface area contributed by atoms with Crippen LogP contribution in [0.5, 0.6) is 0 Å². The van der Waals surface area contributed by atoms with E-state index in [-0.39, 0.29) is 13.1 Å². The lowest BCUT2D eigenvalue weighted by atomic mass is 10.0. The molecule has 0 atom stereocenters. The zero-order valence-corrected chi connectivity index (χ0v) is 12.3. The first-order valence-corrected chi connectivity index (χ1v) is 7.15. The minimum atomic E-state index is -0.250. The van der Waals surface area contributed by atoms with Crippen molar-refractivity contribution in [3.63, 3.8) is 0 Å². The number of rotatable bonds is 2. The molecule has 0 bridgehead atoms. The summed E-state index contributed by atoms with van der Waals surface area (Å²) in [4.78, 5) is 12.9. The number of hydrogen-bond acceptors (Lipinski definition) is 4. The van der Waals surface area contributed by atoms with Gasteiger partial charge in [0.15, 0.2) is 0 Å². The van der Waals surface area contributed by atoms with E-state index in [1.165, 1.54) is 4.70 Å². The molecule has 0 unspecified atom stereocenters.